The van der Waals surface area contributed by atoms with Crippen LogP contribution in [0.1, 0.15) is 31.3 Å². The minimum Gasteiger partial charge on any atom is -0.438 e. The second kappa shape index (κ2) is 6.35. The highest BCUT2D eigenvalue weighted by Crippen LogP contribution is 2.19. The number of amides is 1. The van der Waals surface area contributed by atoms with Crippen molar-refractivity contribution in [2.75, 3.05) is 5.32 Å². The number of hydrogen-bond acceptors (Lipinski definition) is 4. The van der Waals surface area contributed by atoms with Crippen molar-refractivity contribution >= 4 is 33.2 Å². The highest BCUT2D eigenvalue weighted by atomic mass is 35.5. The number of rotatable bonds is 4. The van der Waals surface area contributed by atoms with Crippen LogP contribution >= 0.6 is 11.6 Å². The highest BCUT2D eigenvalue weighted by Gasteiger charge is 2.26. The Morgan fingerprint density at radius 2 is 1.87 bits per heavy atom. The Labute approximate surface area is 139 Å². The van der Waals surface area contributed by atoms with Crippen LogP contribution in [-0.4, -0.2) is 19.9 Å². The molecule has 0 saturated heterocycles. The number of halogens is 1. The lowest BCUT2D eigenvalue weighted by molar-refractivity contribution is 0.0991. The minimum absolute atomic E-state index is 0.112. The standard InChI is InChI=1S/C15H17ClN2O4S/c1-15(2,3)18-23(20,21)13-8-7-12(22-13)14(19)17-11-6-4-5-10(16)9-11/h4-9,18H,1-3H3,(H,17,19). The molecule has 0 fully saturated rings. The molecule has 0 bridgehead atoms. The molecule has 1 aromatic heterocycles. The molecular weight excluding hydrogens is 340 g/mol. The lowest BCUT2D eigenvalue weighted by Gasteiger charge is -2.18. The molecule has 0 saturated carbocycles. The first-order chi connectivity index (χ1) is 10.6. The molecule has 8 heteroatoms. The van der Waals surface area contributed by atoms with E-state index in [4.69, 9.17) is 16.0 Å². The predicted molar refractivity (Wildman–Crippen MR) is 88.2 cm³/mol. The summed E-state index contributed by atoms with van der Waals surface area (Å²) in [6.45, 7) is 5.13. The van der Waals surface area contributed by atoms with Gasteiger partial charge in [-0.05, 0) is 51.1 Å². The topological polar surface area (TPSA) is 88.4 Å². The average molecular weight is 357 g/mol. The number of furan rings is 1. The zero-order valence-corrected chi connectivity index (χ0v) is 14.5. The maximum Gasteiger partial charge on any atom is 0.291 e. The van der Waals surface area contributed by atoms with Gasteiger partial charge < -0.3 is 9.73 Å². The molecule has 1 heterocycles. The largest absolute Gasteiger partial charge is 0.438 e. The van der Waals surface area contributed by atoms with E-state index < -0.39 is 21.5 Å². The van der Waals surface area contributed by atoms with E-state index in [0.717, 1.165) is 0 Å². The van der Waals surface area contributed by atoms with Crippen molar-refractivity contribution in [3.05, 3.63) is 47.2 Å². The minimum atomic E-state index is -3.83. The Kier molecular flexibility index (Phi) is 4.84. The first kappa shape index (κ1) is 17.5. The van der Waals surface area contributed by atoms with Crippen molar-refractivity contribution in [1.82, 2.24) is 4.72 Å². The fourth-order valence-electron chi connectivity index (χ4n) is 1.80. The molecule has 0 aliphatic heterocycles. The summed E-state index contributed by atoms with van der Waals surface area (Å²) in [6, 6.07) is 9.13. The quantitative estimate of drug-likeness (QED) is 0.880. The summed E-state index contributed by atoms with van der Waals surface area (Å²) >= 11 is 5.84. The Balaban J connectivity index is 2.17. The van der Waals surface area contributed by atoms with Crippen LogP contribution in [0.5, 0.6) is 0 Å². The third-order valence-electron chi connectivity index (χ3n) is 2.59. The van der Waals surface area contributed by atoms with E-state index in [9.17, 15) is 13.2 Å². The molecule has 0 atom stereocenters. The Morgan fingerprint density at radius 3 is 2.48 bits per heavy atom. The number of nitrogens with one attached hydrogen (secondary N) is 2. The number of sulfonamides is 1. The van der Waals surface area contributed by atoms with Crippen molar-refractivity contribution < 1.29 is 17.6 Å². The maximum atomic E-state index is 12.1. The lowest BCUT2D eigenvalue weighted by atomic mass is 10.1. The predicted octanol–water partition coefficient (Wildman–Crippen LogP) is 3.26. The first-order valence-corrected chi connectivity index (χ1v) is 8.64. The monoisotopic (exact) mass is 356 g/mol. The normalized spacial score (nSPS) is 12.2. The van der Waals surface area contributed by atoms with E-state index >= 15 is 0 Å². The van der Waals surface area contributed by atoms with Crippen molar-refractivity contribution in [2.24, 2.45) is 0 Å². The van der Waals surface area contributed by atoms with E-state index in [-0.39, 0.29) is 10.9 Å². The third-order valence-corrected chi connectivity index (χ3v) is 4.46. The maximum absolute atomic E-state index is 12.1. The van der Waals surface area contributed by atoms with Crippen LogP contribution in [0.25, 0.3) is 0 Å². The van der Waals surface area contributed by atoms with Crippen molar-refractivity contribution in [2.45, 2.75) is 31.4 Å². The number of hydrogen-bond donors (Lipinski definition) is 2. The molecule has 124 valence electrons. The third kappa shape index (κ3) is 4.82. The van der Waals surface area contributed by atoms with Crippen LogP contribution in [-0.2, 0) is 10.0 Å². The number of carbonyl (C=O) groups excluding carboxylic acids is 1. The van der Waals surface area contributed by atoms with Crippen LogP contribution in [0.4, 0.5) is 5.69 Å². The van der Waals surface area contributed by atoms with Gasteiger partial charge in [-0.15, -0.1) is 0 Å². The molecule has 1 amide bonds. The molecular formula is C15H17ClN2O4S. The van der Waals surface area contributed by atoms with Crippen molar-refractivity contribution in [1.29, 1.82) is 0 Å². The molecule has 2 N–H and O–H groups in total. The molecule has 0 aliphatic rings. The number of anilines is 1. The molecule has 2 aromatic rings. The molecule has 6 nitrogen and oxygen atoms in total. The lowest BCUT2D eigenvalue weighted by Crippen LogP contribution is -2.40. The molecule has 0 unspecified atom stereocenters. The first-order valence-electron chi connectivity index (χ1n) is 6.77. The van der Waals surface area contributed by atoms with Gasteiger partial charge in [0.05, 0.1) is 0 Å². The van der Waals surface area contributed by atoms with Gasteiger partial charge >= 0.3 is 0 Å². The van der Waals surface area contributed by atoms with Gasteiger partial charge in [-0.2, -0.15) is 0 Å². The summed E-state index contributed by atoms with van der Waals surface area (Å²) in [5.41, 5.74) is -0.175. The van der Waals surface area contributed by atoms with E-state index in [0.29, 0.717) is 10.7 Å². The number of benzene rings is 1. The van der Waals surface area contributed by atoms with Crippen LogP contribution in [0.15, 0.2) is 45.9 Å². The zero-order valence-electron chi connectivity index (χ0n) is 12.9. The molecule has 0 radical (unpaired) electrons. The van der Waals surface area contributed by atoms with Crippen LogP contribution in [0.3, 0.4) is 0 Å². The SMILES string of the molecule is CC(C)(C)NS(=O)(=O)c1ccc(C(=O)Nc2cccc(Cl)c2)o1. The van der Waals surface area contributed by atoms with Crippen molar-refractivity contribution in [3.63, 3.8) is 0 Å². The summed E-state index contributed by atoms with van der Waals surface area (Å²) < 4.78 is 31.9. The van der Waals surface area contributed by atoms with Gasteiger partial charge in [-0.25, -0.2) is 13.1 Å². The van der Waals surface area contributed by atoms with Gasteiger partial charge in [-0.3, -0.25) is 4.79 Å². The zero-order chi connectivity index (χ0) is 17.3. The molecule has 0 aliphatic carbocycles. The average Bonchev–Trinajstić information content (AvgIpc) is 2.86. The number of carbonyl (C=O) groups is 1. The summed E-state index contributed by atoms with van der Waals surface area (Å²) in [5, 5.41) is 2.74. The van der Waals surface area contributed by atoms with E-state index in [1.165, 1.54) is 12.1 Å². The Morgan fingerprint density at radius 1 is 1.17 bits per heavy atom. The van der Waals surface area contributed by atoms with E-state index in [2.05, 4.69) is 10.0 Å². The van der Waals surface area contributed by atoms with Gasteiger partial charge in [0, 0.05) is 16.2 Å². The van der Waals surface area contributed by atoms with Gasteiger partial charge in [-0.1, -0.05) is 17.7 Å². The van der Waals surface area contributed by atoms with Gasteiger partial charge in [0.1, 0.15) is 0 Å². The fraction of sp³-hybridized carbons (Fsp3) is 0.267. The van der Waals surface area contributed by atoms with Gasteiger partial charge in [0.25, 0.3) is 15.9 Å². The summed E-state index contributed by atoms with van der Waals surface area (Å²) in [7, 11) is -3.83. The van der Waals surface area contributed by atoms with Crippen LogP contribution < -0.4 is 10.0 Å². The van der Waals surface area contributed by atoms with Crippen molar-refractivity contribution in [3.8, 4) is 0 Å². The highest BCUT2D eigenvalue weighted by molar-refractivity contribution is 7.89. The second-order valence-electron chi connectivity index (χ2n) is 5.94. The van der Waals surface area contributed by atoms with Crippen LogP contribution in [0.2, 0.25) is 5.02 Å². The van der Waals surface area contributed by atoms with Crippen LogP contribution in [0, 0.1) is 0 Å². The van der Waals surface area contributed by atoms with E-state index in [1.807, 2.05) is 0 Å². The Hall–Kier alpha value is -1.83. The fourth-order valence-corrected chi connectivity index (χ4v) is 3.34. The Bertz CT molecular complexity index is 822. The summed E-state index contributed by atoms with van der Waals surface area (Å²) in [5.74, 6) is -0.677. The van der Waals surface area contributed by atoms with E-state index in [1.54, 1.807) is 45.0 Å². The summed E-state index contributed by atoms with van der Waals surface area (Å²) in [6.07, 6.45) is 0. The smallest absolute Gasteiger partial charge is 0.291 e. The second-order valence-corrected chi connectivity index (χ2v) is 7.99. The molecule has 0 spiro atoms. The molecule has 23 heavy (non-hydrogen) atoms. The van der Waals surface area contributed by atoms with Gasteiger partial charge in [0.2, 0.25) is 5.09 Å². The van der Waals surface area contributed by atoms with Gasteiger partial charge in [0.15, 0.2) is 5.76 Å². The molecule has 2 rings (SSSR count). The summed E-state index contributed by atoms with van der Waals surface area (Å²) in [4.78, 5) is 12.1. The molecule has 1 aromatic carbocycles.